The second-order valence-corrected chi connectivity index (χ2v) is 12.9. The van der Waals surface area contributed by atoms with E-state index in [1.54, 1.807) is 0 Å². The van der Waals surface area contributed by atoms with E-state index in [1.165, 1.54) is 36.4 Å². The molecule has 4 rings (SSSR count). The van der Waals surface area contributed by atoms with Crippen molar-refractivity contribution in [2.24, 2.45) is 0 Å². The van der Waals surface area contributed by atoms with Gasteiger partial charge in [-0.3, -0.25) is 9.11 Å². The summed E-state index contributed by atoms with van der Waals surface area (Å²) in [6.45, 7) is 0. The molecule has 0 saturated carbocycles. The van der Waals surface area contributed by atoms with Gasteiger partial charge in [0.2, 0.25) is 11.9 Å². The average molecular weight is 781 g/mol. The molecule has 0 bridgehead atoms. The number of hydrogen-bond acceptors (Lipinski definition) is 10. The fraction of sp³-hybridized carbons (Fsp3) is 0. The molecule has 0 unspecified atom stereocenters. The summed E-state index contributed by atoms with van der Waals surface area (Å²) in [7, 11) is -9.59. The molecule has 12 nitrogen and oxygen atoms in total. The molecular weight excluding hydrogens is 767 g/mol. The fourth-order valence-corrected chi connectivity index (χ4v) is 5.65. The van der Waals surface area contributed by atoms with Crippen LogP contribution in [-0.4, -0.2) is 105 Å². The van der Waals surface area contributed by atoms with Crippen LogP contribution in [0.1, 0.15) is 11.1 Å². The number of halogens is 6. The van der Waals surface area contributed by atoms with E-state index in [4.69, 9.17) is 69.6 Å². The van der Waals surface area contributed by atoms with Crippen LogP contribution < -0.4 is 10.6 Å². The van der Waals surface area contributed by atoms with Crippen LogP contribution in [0, 0.1) is 0 Å². The van der Waals surface area contributed by atoms with Crippen molar-refractivity contribution >= 4 is 184 Å². The summed E-state index contributed by atoms with van der Waals surface area (Å²) in [4.78, 5) is 14.4. The van der Waals surface area contributed by atoms with Crippen molar-refractivity contribution in [3.05, 3.63) is 78.2 Å². The van der Waals surface area contributed by atoms with Gasteiger partial charge in [-0.1, -0.05) is 93.9 Å². The van der Waals surface area contributed by atoms with Gasteiger partial charge in [0, 0.05) is 11.4 Å². The van der Waals surface area contributed by atoms with Gasteiger partial charge in [0.15, 0.2) is 20.6 Å². The molecule has 0 atom stereocenters. The van der Waals surface area contributed by atoms with Gasteiger partial charge in [-0.2, -0.15) is 36.8 Å². The summed E-state index contributed by atoms with van der Waals surface area (Å²) < 4.78 is 68.3. The Morgan fingerprint density at radius 3 is 1.14 bits per heavy atom. The van der Waals surface area contributed by atoms with Crippen molar-refractivity contribution < 1.29 is 25.9 Å². The quantitative estimate of drug-likeness (QED) is 0.0705. The Kier molecular flexibility index (Phi) is 14.5. The molecule has 2 aromatic carbocycles. The summed E-state index contributed by atoms with van der Waals surface area (Å²) in [6.07, 6.45) is 2.41. The number of nitrogens with one attached hydrogen (secondary N) is 2. The van der Waals surface area contributed by atoms with Crippen LogP contribution in [0.2, 0.25) is 30.7 Å². The van der Waals surface area contributed by atoms with Crippen LogP contribution in [0.15, 0.2) is 46.2 Å². The van der Waals surface area contributed by atoms with E-state index in [0.717, 1.165) is 12.1 Å². The Balaban J connectivity index is 0.00000337. The summed E-state index contributed by atoms with van der Waals surface area (Å²) in [6, 6.07) is 7.55. The zero-order valence-electron chi connectivity index (χ0n) is 20.0. The standard InChI is InChI=1S/C22H12Cl6N6O6S2.2Na.2H/c23-15-17(25)31-21(32-18(15)26)29-11-5-3-9(13(7-11)41(35,36)37)1-2-10-4-6-12(8-14(10)42(38,39)40)30-22-33-19(27)16(24)20(28)34-22;;;;/h1-8H,(H,29,31,32)(H,30,33,34)(H,35,36,37)(H,38,39,40);;;;. The molecule has 0 spiro atoms. The van der Waals surface area contributed by atoms with E-state index in [-0.39, 0.29) is 124 Å². The second kappa shape index (κ2) is 16.1. The third kappa shape index (κ3) is 10.0. The van der Waals surface area contributed by atoms with Gasteiger partial charge in [-0.25, -0.2) is 0 Å². The number of hydrogen-bond donors (Lipinski definition) is 4. The molecule has 4 N–H and O–H groups in total. The first-order chi connectivity index (χ1) is 19.5. The van der Waals surface area contributed by atoms with Crippen molar-refractivity contribution in [2.45, 2.75) is 9.79 Å². The van der Waals surface area contributed by atoms with Crippen LogP contribution in [0.25, 0.3) is 12.2 Å². The van der Waals surface area contributed by atoms with Crippen LogP contribution >= 0.6 is 69.6 Å². The molecule has 0 aliphatic rings. The van der Waals surface area contributed by atoms with Crippen molar-refractivity contribution in [3.63, 3.8) is 0 Å². The molecule has 44 heavy (non-hydrogen) atoms. The van der Waals surface area contributed by atoms with E-state index in [1.807, 2.05) is 0 Å². The fourth-order valence-electron chi connectivity index (χ4n) is 3.28. The van der Waals surface area contributed by atoms with Crippen molar-refractivity contribution in [1.29, 1.82) is 0 Å². The maximum absolute atomic E-state index is 12.2. The number of nitrogens with zero attached hydrogens (tertiary/aromatic N) is 4. The molecule has 22 heteroatoms. The zero-order chi connectivity index (χ0) is 31.0. The first-order valence-electron chi connectivity index (χ1n) is 10.7. The van der Waals surface area contributed by atoms with Gasteiger partial charge >= 0.3 is 59.1 Å². The number of benzene rings is 2. The van der Waals surface area contributed by atoms with Gasteiger partial charge in [0.1, 0.15) is 19.8 Å². The van der Waals surface area contributed by atoms with Gasteiger partial charge in [0.25, 0.3) is 20.2 Å². The number of anilines is 4. The molecule has 0 saturated heterocycles. The summed E-state index contributed by atoms with van der Waals surface area (Å²) >= 11 is 35.2. The van der Waals surface area contributed by atoms with E-state index in [0.29, 0.717) is 0 Å². The first kappa shape index (κ1) is 39.7. The summed E-state index contributed by atoms with van der Waals surface area (Å²) in [5.41, 5.74) is 0.151. The molecule has 2 heterocycles. The average Bonchev–Trinajstić information content (AvgIpc) is 2.89. The normalized spacial score (nSPS) is 11.5. The molecule has 0 amide bonds. The third-order valence-corrected chi connectivity index (χ3v) is 9.09. The van der Waals surface area contributed by atoms with Gasteiger partial charge in [-0.15, -0.1) is 0 Å². The van der Waals surface area contributed by atoms with Gasteiger partial charge < -0.3 is 10.6 Å². The molecule has 0 aliphatic heterocycles. The third-order valence-electron chi connectivity index (χ3n) is 5.08. The zero-order valence-corrected chi connectivity index (χ0v) is 26.2. The summed E-state index contributed by atoms with van der Waals surface area (Å²) in [5.74, 6) is -0.224. The maximum atomic E-state index is 12.2. The van der Waals surface area contributed by atoms with Crippen molar-refractivity contribution in [2.75, 3.05) is 10.6 Å². The first-order valence-corrected chi connectivity index (χ1v) is 15.9. The minimum absolute atomic E-state index is 0. The topological polar surface area (TPSA) is 184 Å². The number of aromatic nitrogens is 4. The van der Waals surface area contributed by atoms with Crippen molar-refractivity contribution in [3.8, 4) is 0 Å². The molecular formula is C22H14Cl6N6Na2O6S2. The number of rotatable bonds is 8. The predicted molar refractivity (Wildman–Crippen MR) is 176 cm³/mol. The van der Waals surface area contributed by atoms with Gasteiger partial charge in [-0.05, 0) is 35.4 Å². The van der Waals surface area contributed by atoms with Crippen LogP contribution in [-0.2, 0) is 20.2 Å². The van der Waals surface area contributed by atoms with E-state index in [2.05, 4.69) is 30.6 Å². The Labute approximate surface area is 325 Å². The molecule has 0 radical (unpaired) electrons. The van der Waals surface area contributed by atoms with Crippen LogP contribution in [0.5, 0.6) is 0 Å². The van der Waals surface area contributed by atoms with E-state index >= 15 is 0 Å². The van der Waals surface area contributed by atoms with Crippen LogP contribution in [0.4, 0.5) is 23.3 Å². The van der Waals surface area contributed by atoms with Crippen molar-refractivity contribution in [1.82, 2.24) is 19.9 Å². The Morgan fingerprint density at radius 1 is 0.568 bits per heavy atom. The SMILES string of the molecule is O=S(=O)(O)c1cc(Nc2nc(Cl)c(Cl)c(Cl)n2)ccc1C=Cc1ccc(Nc2nc(Cl)c(Cl)c(Cl)n2)cc1S(=O)(=O)O.[NaH].[NaH]. The Hall–Kier alpha value is -0.500. The molecule has 224 valence electrons. The molecule has 4 aromatic rings. The monoisotopic (exact) mass is 778 g/mol. The van der Waals surface area contributed by atoms with Gasteiger partial charge in [0.05, 0.1) is 0 Å². The Morgan fingerprint density at radius 2 is 0.864 bits per heavy atom. The van der Waals surface area contributed by atoms with E-state index < -0.39 is 30.0 Å². The van der Waals surface area contributed by atoms with Crippen LogP contribution in [0.3, 0.4) is 0 Å². The molecule has 2 aromatic heterocycles. The molecule has 0 fully saturated rings. The minimum atomic E-state index is -4.79. The van der Waals surface area contributed by atoms with E-state index in [9.17, 15) is 25.9 Å². The Bertz CT molecular complexity index is 1800. The predicted octanol–water partition coefficient (Wildman–Crippen LogP) is 6.04. The summed E-state index contributed by atoms with van der Waals surface area (Å²) in [5, 5.41) is 4.60. The molecule has 0 aliphatic carbocycles. The second-order valence-electron chi connectivity index (χ2n) is 7.92.